The topological polar surface area (TPSA) is 32.3 Å². The van der Waals surface area contributed by atoms with Gasteiger partial charge in [-0.3, -0.25) is 0 Å². The fourth-order valence-corrected chi connectivity index (χ4v) is 3.61. The number of β-amino-alcohol motifs (C(OH)–C–C–N with tert-alkyl or cyclic N) is 1. The Hall–Kier alpha value is -0.0800. The van der Waals surface area contributed by atoms with Crippen molar-refractivity contribution in [1.82, 2.24) is 5.32 Å². The van der Waals surface area contributed by atoms with Crippen LogP contribution in [0.15, 0.2) is 0 Å². The molecule has 1 heterocycles. The van der Waals surface area contributed by atoms with Gasteiger partial charge in [-0.2, -0.15) is 0 Å². The molecule has 0 unspecified atom stereocenters. The van der Waals surface area contributed by atoms with Gasteiger partial charge in [-0.25, -0.2) is 0 Å². The smallest absolute Gasteiger partial charge is 0.0707 e. The SMILES string of the molecule is O[C@@H]1CNC[C@H]1C1CC2(CCC2)C1. The van der Waals surface area contributed by atoms with E-state index < -0.39 is 0 Å². The average Bonchev–Trinajstić information content (AvgIpc) is 2.30. The van der Waals surface area contributed by atoms with Crippen LogP contribution in [0.2, 0.25) is 0 Å². The zero-order valence-corrected chi connectivity index (χ0v) is 8.13. The first-order chi connectivity index (χ1) is 6.29. The van der Waals surface area contributed by atoms with Gasteiger partial charge in [-0.15, -0.1) is 0 Å². The van der Waals surface area contributed by atoms with Crippen molar-refractivity contribution in [3.05, 3.63) is 0 Å². The van der Waals surface area contributed by atoms with Crippen LogP contribution in [-0.2, 0) is 0 Å². The van der Waals surface area contributed by atoms with Crippen LogP contribution in [0.1, 0.15) is 32.1 Å². The normalized spacial score (nSPS) is 43.2. The van der Waals surface area contributed by atoms with Crippen molar-refractivity contribution in [3.8, 4) is 0 Å². The molecule has 1 aliphatic heterocycles. The Morgan fingerprint density at radius 3 is 2.38 bits per heavy atom. The lowest BCUT2D eigenvalue weighted by molar-refractivity contribution is -0.0655. The molecule has 0 aromatic carbocycles. The van der Waals surface area contributed by atoms with Gasteiger partial charge in [0.1, 0.15) is 0 Å². The number of hydrogen-bond donors (Lipinski definition) is 2. The third-order valence-electron chi connectivity index (χ3n) is 4.64. The van der Waals surface area contributed by atoms with E-state index in [9.17, 15) is 5.11 Å². The van der Waals surface area contributed by atoms with E-state index in [2.05, 4.69) is 5.32 Å². The first-order valence-corrected chi connectivity index (χ1v) is 5.68. The van der Waals surface area contributed by atoms with Crippen LogP contribution in [-0.4, -0.2) is 24.3 Å². The molecule has 2 aliphatic carbocycles. The molecule has 2 heteroatoms. The van der Waals surface area contributed by atoms with Crippen molar-refractivity contribution in [1.29, 1.82) is 0 Å². The summed E-state index contributed by atoms with van der Waals surface area (Å²) in [5, 5.41) is 13.0. The maximum absolute atomic E-state index is 9.72. The summed E-state index contributed by atoms with van der Waals surface area (Å²) in [7, 11) is 0. The van der Waals surface area contributed by atoms with E-state index in [1.54, 1.807) is 0 Å². The predicted molar refractivity (Wildman–Crippen MR) is 51.4 cm³/mol. The number of aliphatic hydroxyl groups excluding tert-OH is 1. The van der Waals surface area contributed by atoms with E-state index in [-0.39, 0.29) is 6.10 Å². The summed E-state index contributed by atoms with van der Waals surface area (Å²) in [5.41, 5.74) is 0.771. The van der Waals surface area contributed by atoms with Gasteiger partial charge in [0.25, 0.3) is 0 Å². The van der Waals surface area contributed by atoms with Gasteiger partial charge in [0.15, 0.2) is 0 Å². The summed E-state index contributed by atoms with van der Waals surface area (Å²) in [5.74, 6) is 1.41. The molecule has 3 aliphatic rings. The summed E-state index contributed by atoms with van der Waals surface area (Å²) in [4.78, 5) is 0. The highest BCUT2D eigenvalue weighted by molar-refractivity contribution is 5.03. The Kier molecular flexibility index (Phi) is 1.72. The Labute approximate surface area is 79.7 Å². The zero-order chi connectivity index (χ0) is 8.89. The van der Waals surface area contributed by atoms with Gasteiger partial charge >= 0.3 is 0 Å². The number of rotatable bonds is 1. The fraction of sp³-hybridized carbons (Fsp3) is 1.00. The van der Waals surface area contributed by atoms with Crippen molar-refractivity contribution in [2.75, 3.05) is 13.1 Å². The molecule has 0 amide bonds. The summed E-state index contributed by atoms with van der Waals surface area (Å²) in [6, 6.07) is 0. The number of hydrogen-bond acceptors (Lipinski definition) is 2. The molecule has 0 radical (unpaired) electrons. The van der Waals surface area contributed by atoms with E-state index in [0.29, 0.717) is 5.92 Å². The van der Waals surface area contributed by atoms with Gasteiger partial charge in [-0.1, -0.05) is 6.42 Å². The van der Waals surface area contributed by atoms with E-state index in [1.165, 1.54) is 32.1 Å². The minimum absolute atomic E-state index is 0.0533. The largest absolute Gasteiger partial charge is 0.391 e. The number of aliphatic hydroxyl groups is 1. The van der Waals surface area contributed by atoms with E-state index in [1.807, 2.05) is 0 Å². The molecule has 1 saturated heterocycles. The molecule has 3 rings (SSSR count). The van der Waals surface area contributed by atoms with E-state index in [4.69, 9.17) is 0 Å². The average molecular weight is 181 g/mol. The second-order valence-corrected chi connectivity index (χ2v) is 5.41. The molecule has 3 fully saturated rings. The van der Waals surface area contributed by atoms with E-state index in [0.717, 1.165) is 24.4 Å². The van der Waals surface area contributed by atoms with Crippen LogP contribution < -0.4 is 5.32 Å². The van der Waals surface area contributed by atoms with Crippen molar-refractivity contribution in [3.63, 3.8) is 0 Å². The highest BCUT2D eigenvalue weighted by Gasteiger charge is 2.51. The van der Waals surface area contributed by atoms with Gasteiger partial charge < -0.3 is 10.4 Å². The van der Waals surface area contributed by atoms with Gasteiger partial charge in [0, 0.05) is 19.0 Å². The maximum atomic E-state index is 9.72. The van der Waals surface area contributed by atoms with Crippen LogP contribution >= 0.6 is 0 Å². The molecule has 13 heavy (non-hydrogen) atoms. The van der Waals surface area contributed by atoms with Crippen LogP contribution in [0.5, 0.6) is 0 Å². The second kappa shape index (κ2) is 2.71. The molecule has 2 atom stereocenters. The number of nitrogens with one attached hydrogen (secondary N) is 1. The molecule has 2 N–H and O–H groups in total. The van der Waals surface area contributed by atoms with Crippen molar-refractivity contribution in [2.24, 2.45) is 17.3 Å². The molecule has 0 bridgehead atoms. The molecular formula is C11H19NO. The molecule has 2 nitrogen and oxygen atoms in total. The quantitative estimate of drug-likeness (QED) is 0.636. The molecule has 0 aromatic heterocycles. The van der Waals surface area contributed by atoms with Gasteiger partial charge in [-0.05, 0) is 37.0 Å². The highest BCUT2D eigenvalue weighted by atomic mass is 16.3. The van der Waals surface area contributed by atoms with Crippen LogP contribution in [0.3, 0.4) is 0 Å². The fourth-order valence-electron chi connectivity index (χ4n) is 3.61. The van der Waals surface area contributed by atoms with Crippen LogP contribution in [0, 0.1) is 17.3 Å². The Bertz CT molecular complexity index is 204. The van der Waals surface area contributed by atoms with Crippen LogP contribution in [0.4, 0.5) is 0 Å². The molecule has 0 aromatic rings. The second-order valence-electron chi connectivity index (χ2n) is 5.41. The summed E-state index contributed by atoms with van der Waals surface area (Å²) >= 11 is 0. The molecule has 74 valence electrons. The first kappa shape index (κ1) is 8.25. The van der Waals surface area contributed by atoms with Crippen molar-refractivity contribution in [2.45, 2.75) is 38.2 Å². The Balaban J connectivity index is 1.57. The highest BCUT2D eigenvalue weighted by Crippen LogP contribution is 2.60. The van der Waals surface area contributed by atoms with Gasteiger partial charge in [0.2, 0.25) is 0 Å². The van der Waals surface area contributed by atoms with Crippen molar-refractivity contribution < 1.29 is 5.11 Å². The molecular weight excluding hydrogens is 162 g/mol. The maximum Gasteiger partial charge on any atom is 0.0707 e. The Morgan fingerprint density at radius 2 is 1.92 bits per heavy atom. The summed E-state index contributed by atoms with van der Waals surface area (Å²) < 4.78 is 0. The monoisotopic (exact) mass is 181 g/mol. The lowest BCUT2D eigenvalue weighted by Gasteiger charge is -2.56. The standard InChI is InChI=1S/C11H19NO/c13-10-7-12-6-9(10)8-4-11(5-8)2-1-3-11/h8-10,12-13H,1-7H2/t9-,10+/m0/s1. The van der Waals surface area contributed by atoms with Gasteiger partial charge in [0.05, 0.1) is 6.10 Å². The van der Waals surface area contributed by atoms with Crippen LogP contribution in [0.25, 0.3) is 0 Å². The predicted octanol–water partition coefficient (Wildman–Crippen LogP) is 1.15. The zero-order valence-electron chi connectivity index (χ0n) is 8.13. The first-order valence-electron chi connectivity index (χ1n) is 5.68. The minimum atomic E-state index is -0.0533. The minimum Gasteiger partial charge on any atom is -0.391 e. The third kappa shape index (κ3) is 1.15. The molecule has 1 spiro atoms. The lowest BCUT2D eigenvalue weighted by atomic mass is 9.49. The summed E-state index contributed by atoms with van der Waals surface area (Å²) in [6.45, 7) is 1.89. The lowest BCUT2D eigenvalue weighted by Crippen LogP contribution is -2.47. The summed E-state index contributed by atoms with van der Waals surface area (Å²) in [6.07, 6.45) is 7.17. The third-order valence-corrected chi connectivity index (χ3v) is 4.64. The molecule has 2 saturated carbocycles. The van der Waals surface area contributed by atoms with Crippen molar-refractivity contribution >= 4 is 0 Å². The van der Waals surface area contributed by atoms with E-state index >= 15 is 0 Å². The Morgan fingerprint density at radius 1 is 1.15 bits per heavy atom.